The number of carbonyl (C=O) groups is 3. The topological polar surface area (TPSA) is 117 Å². The molecule has 0 aliphatic rings. The summed E-state index contributed by atoms with van der Waals surface area (Å²) in [5.74, 6) is -1.01. The first kappa shape index (κ1) is 25.3. The summed E-state index contributed by atoms with van der Waals surface area (Å²) < 4.78 is 5.18. The molecule has 0 fully saturated rings. The fourth-order valence-corrected chi connectivity index (χ4v) is 3.49. The minimum absolute atomic E-state index is 0.231. The molecule has 0 bridgehead atoms. The summed E-state index contributed by atoms with van der Waals surface area (Å²) in [5.41, 5.74) is 4.36. The van der Waals surface area contributed by atoms with Crippen molar-refractivity contribution in [1.29, 1.82) is 0 Å². The molecule has 1 atom stereocenters. The summed E-state index contributed by atoms with van der Waals surface area (Å²) in [7, 11) is 1.59. The Morgan fingerprint density at radius 1 is 0.857 bits per heavy atom. The Kier molecular flexibility index (Phi) is 8.09. The third-order valence-electron chi connectivity index (χ3n) is 5.52. The van der Waals surface area contributed by atoms with E-state index in [1.807, 2.05) is 25.1 Å². The zero-order valence-electron chi connectivity index (χ0n) is 20.1. The van der Waals surface area contributed by atoms with Crippen molar-refractivity contribution in [1.82, 2.24) is 5.32 Å². The molecule has 0 aliphatic carbocycles. The second-order valence-corrected chi connectivity index (χ2v) is 8.45. The fraction of sp³-hybridized carbons (Fsp3) is 0.222. The Morgan fingerprint density at radius 2 is 1.46 bits per heavy atom. The standard InChI is InChI=1S/C27H29N3O5/c1-16(2)24(26(32)33)30-25(31)20-7-5-18(6-8-20)19-9-11-21(12-10-19)28-27(34)29-23-14-13-22(35-4)15-17(23)3/h5-16,24H,1-4H3,(H,30,31)(H,32,33)(H2,28,29,34)/t24-/m1/s1. The van der Waals surface area contributed by atoms with Crippen molar-refractivity contribution < 1.29 is 24.2 Å². The number of nitrogens with one attached hydrogen (secondary N) is 3. The van der Waals surface area contributed by atoms with Crippen molar-refractivity contribution in [3.05, 3.63) is 77.9 Å². The molecule has 8 heteroatoms. The Balaban J connectivity index is 1.62. The van der Waals surface area contributed by atoms with Crippen LogP contribution in [0.2, 0.25) is 0 Å². The molecule has 0 aromatic heterocycles. The molecule has 0 spiro atoms. The molecule has 3 rings (SSSR count). The molecular formula is C27H29N3O5. The molecule has 0 saturated heterocycles. The van der Waals surface area contributed by atoms with Gasteiger partial charge >= 0.3 is 12.0 Å². The SMILES string of the molecule is COc1ccc(NC(=O)Nc2ccc(-c3ccc(C(=O)N[C@@H](C(=O)O)C(C)C)cc3)cc2)c(C)c1. The van der Waals surface area contributed by atoms with Gasteiger partial charge in [0.25, 0.3) is 5.91 Å². The Bertz CT molecular complexity index is 1200. The van der Waals surface area contributed by atoms with Gasteiger partial charge in [-0.25, -0.2) is 9.59 Å². The van der Waals surface area contributed by atoms with Crippen molar-refractivity contribution in [2.45, 2.75) is 26.8 Å². The third-order valence-corrected chi connectivity index (χ3v) is 5.52. The molecule has 0 radical (unpaired) electrons. The van der Waals surface area contributed by atoms with Crippen LogP contribution in [-0.4, -0.2) is 36.2 Å². The quantitative estimate of drug-likeness (QED) is 0.359. The molecule has 3 aromatic rings. The summed E-state index contributed by atoms with van der Waals surface area (Å²) in [6.07, 6.45) is 0. The van der Waals surface area contributed by atoms with Crippen LogP contribution in [0.3, 0.4) is 0 Å². The molecular weight excluding hydrogens is 446 g/mol. The van der Waals surface area contributed by atoms with Gasteiger partial charge in [-0.3, -0.25) is 4.79 Å². The van der Waals surface area contributed by atoms with Crippen molar-refractivity contribution in [3.8, 4) is 16.9 Å². The van der Waals surface area contributed by atoms with Gasteiger partial charge in [0.1, 0.15) is 11.8 Å². The molecule has 8 nitrogen and oxygen atoms in total. The number of aryl methyl sites for hydroxylation is 1. The van der Waals surface area contributed by atoms with Crippen LogP contribution in [0.5, 0.6) is 5.75 Å². The lowest BCUT2D eigenvalue weighted by Crippen LogP contribution is -2.44. The number of amides is 3. The van der Waals surface area contributed by atoms with Gasteiger partial charge < -0.3 is 25.8 Å². The van der Waals surface area contributed by atoms with Crippen LogP contribution in [-0.2, 0) is 4.79 Å². The maximum Gasteiger partial charge on any atom is 0.326 e. The maximum absolute atomic E-state index is 12.4. The number of hydrogen-bond acceptors (Lipinski definition) is 4. The summed E-state index contributed by atoms with van der Waals surface area (Å²) in [4.78, 5) is 36.1. The van der Waals surface area contributed by atoms with E-state index in [2.05, 4.69) is 16.0 Å². The van der Waals surface area contributed by atoms with Crippen molar-refractivity contribution in [2.75, 3.05) is 17.7 Å². The lowest BCUT2D eigenvalue weighted by molar-refractivity contribution is -0.140. The largest absolute Gasteiger partial charge is 0.497 e. The lowest BCUT2D eigenvalue weighted by atomic mass is 10.0. The number of carboxylic acid groups (broad SMARTS) is 1. The van der Waals surface area contributed by atoms with Gasteiger partial charge in [0.05, 0.1) is 7.11 Å². The van der Waals surface area contributed by atoms with Crippen molar-refractivity contribution in [2.24, 2.45) is 5.92 Å². The third kappa shape index (κ3) is 6.60. The highest BCUT2D eigenvalue weighted by molar-refractivity contribution is 6.00. The predicted molar refractivity (Wildman–Crippen MR) is 136 cm³/mol. The molecule has 3 amide bonds. The Labute approximate surface area is 204 Å². The van der Waals surface area contributed by atoms with Crippen LogP contribution in [0.15, 0.2) is 66.7 Å². The predicted octanol–water partition coefficient (Wildman–Crippen LogP) is 5.15. The maximum atomic E-state index is 12.4. The van der Waals surface area contributed by atoms with E-state index in [4.69, 9.17) is 4.74 Å². The summed E-state index contributed by atoms with van der Waals surface area (Å²) >= 11 is 0. The molecule has 182 valence electrons. The van der Waals surface area contributed by atoms with Gasteiger partial charge in [-0.05, 0) is 72.0 Å². The number of aliphatic carboxylic acids is 1. The van der Waals surface area contributed by atoms with Gasteiger partial charge in [-0.2, -0.15) is 0 Å². The van der Waals surface area contributed by atoms with Gasteiger partial charge in [0.15, 0.2) is 0 Å². The number of ether oxygens (including phenoxy) is 1. The normalized spacial score (nSPS) is 11.5. The average Bonchev–Trinajstić information content (AvgIpc) is 2.83. The van der Waals surface area contributed by atoms with E-state index in [1.54, 1.807) is 69.5 Å². The number of hydrogen-bond donors (Lipinski definition) is 4. The number of benzene rings is 3. The highest BCUT2D eigenvalue weighted by Gasteiger charge is 2.23. The van der Waals surface area contributed by atoms with Crippen LogP contribution in [0.1, 0.15) is 29.8 Å². The summed E-state index contributed by atoms with van der Waals surface area (Å²) in [5, 5.41) is 17.4. The zero-order chi connectivity index (χ0) is 25.5. The number of urea groups is 1. The molecule has 0 unspecified atom stereocenters. The summed E-state index contributed by atoms with van der Waals surface area (Å²) in [6, 6.07) is 18.3. The number of carbonyl (C=O) groups excluding carboxylic acids is 2. The highest BCUT2D eigenvalue weighted by atomic mass is 16.5. The van der Waals surface area contributed by atoms with E-state index in [-0.39, 0.29) is 11.9 Å². The van der Waals surface area contributed by atoms with Crippen molar-refractivity contribution >= 4 is 29.3 Å². The Hall–Kier alpha value is -4.33. The second kappa shape index (κ2) is 11.2. The number of carboxylic acids is 1. The molecule has 4 N–H and O–H groups in total. The first-order chi connectivity index (χ1) is 16.7. The van der Waals surface area contributed by atoms with Crippen LogP contribution in [0.4, 0.5) is 16.2 Å². The van der Waals surface area contributed by atoms with E-state index in [9.17, 15) is 19.5 Å². The average molecular weight is 476 g/mol. The molecule has 0 heterocycles. The van der Waals surface area contributed by atoms with Crippen LogP contribution in [0.25, 0.3) is 11.1 Å². The smallest absolute Gasteiger partial charge is 0.326 e. The number of anilines is 2. The highest BCUT2D eigenvalue weighted by Crippen LogP contribution is 2.24. The van der Waals surface area contributed by atoms with Gasteiger partial charge in [-0.1, -0.05) is 38.1 Å². The van der Waals surface area contributed by atoms with Gasteiger partial charge in [0.2, 0.25) is 0 Å². The van der Waals surface area contributed by atoms with Crippen LogP contribution in [0, 0.1) is 12.8 Å². The second-order valence-electron chi connectivity index (χ2n) is 8.45. The minimum atomic E-state index is -1.06. The van der Waals surface area contributed by atoms with E-state index in [0.717, 1.165) is 22.4 Å². The number of rotatable bonds is 8. The zero-order valence-corrected chi connectivity index (χ0v) is 20.1. The first-order valence-corrected chi connectivity index (χ1v) is 11.1. The first-order valence-electron chi connectivity index (χ1n) is 11.1. The van der Waals surface area contributed by atoms with Crippen LogP contribution >= 0.6 is 0 Å². The molecule has 0 saturated carbocycles. The Morgan fingerprint density at radius 3 is 1.97 bits per heavy atom. The summed E-state index contributed by atoms with van der Waals surface area (Å²) in [6.45, 7) is 5.37. The molecule has 3 aromatic carbocycles. The molecule has 35 heavy (non-hydrogen) atoms. The van der Waals surface area contributed by atoms with Crippen molar-refractivity contribution in [3.63, 3.8) is 0 Å². The number of methoxy groups -OCH3 is 1. The van der Waals surface area contributed by atoms with E-state index >= 15 is 0 Å². The van der Waals surface area contributed by atoms with E-state index < -0.39 is 17.9 Å². The molecule has 0 aliphatic heterocycles. The monoisotopic (exact) mass is 475 g/mol. The van der Waals surface area contributed by atoms with Gasteiger partial charge in [-0.15, -0.1) is 0 Å². The lowest BCUT2D eigenvalue weighted by Gasteiger charge is -2.18. The van der Waals surface area contributed by atoms with E-state index in [1.165, 1.54) is 0 Å². The van der Waals surface area contributed by atoms with Crippen LogP contribution < -0.4 is 20.7 Å². The van der Waals surface area contributed by atoms with E-state index in [0.29, 0.717) is 16.9 Å². The van der Waals surface area contributed by atoms with Gasteiger partial charge in [0, 0.05) is 16.9 Å². The fourth-order valence-electron chi connectivity index (χ4n) is 3.49. The minimum Gasteiger partial charge on any atom is -0.497 e.